The lowest BCUT2D eigenvalue weighted by Gasteiger charge is -2.12. The van der Waals surface area contributed by atoms with E-state index in [4.69, 9.17) is 9.72 Å². The van der Waals surface area contributed by atoms with Crippen LogP contribution in [0.25, 0.3) is 28.2 Å². The van der Waals surface area contributed by atoms with Gasteiger partial charge < -0.3 is 4.74 Å². The van der Waals surface area contributed by atoms with E-state index in [1.807, 2.05) is 90.8 Å². The summed E-state index contributed by atoms with van der Waals surface area (Å²) in [7, 11) is -3.99. The Labute approximate surface area is 227 Å². The minimum absolute atomic E-state index is 0.00503. The summed E-state index contributed by atoms with van der Waals surface area (Å²) in [5.74, 6) is 0. The van der Waals surface area contributed by atoms with Crippen LogP contribution < -0.4 is 4.72 Å². The number of benzene rings is 4. The van der Waals surface area contributed by atoms with Gasteiger partial charge in [-0.05, 0) is 36.8 Å². The van der Waals surface area contributed by atoms with E-state index < -0.39 is 16.1 Å². The largest absolute Gasteiger partial charge is 0.448 e. The molecule has 0 aliphatic rings. The van der Waals surface area contributed by atoms with E-state index in [1.54, 1.807) is 12.1 Å². The van der Waals surface area contributed by atoms with Gasteiger partial charge in [0.05, 0.1) is 22.9 Å². The van der Waals surface area contributed by atoms with Crippen molar-refractivity contribution in [2.75, 3.05) is 6.61 Å². The first-order valence-electron chi connectivity index (χ1n) is 12.4. The molecule has 0 bridgehead atoms. The summed E-state index contributed by atoms with van der Waals surface area (Å²) in [5, 5.41) is 0. The molecule has 5 aromatic rings. The minimum atomic E-state index is -3.99. The Balaban J connectivity index is 1.27. The number of aromatic nitrogens is 2. The predicted octanol–water partition coefficient (Wildman–Crippen LogP) is 6.17. The van der Waals surface area contributed by atoms with Crippen molar-refractivity contribution in [2.24, 2.45) is 0 Å². The van der Waals surface area contributed by atoms with Crippen molar-refractivity contribution in [3.63, 3.8) is 0 Å². The third-order valence-corrected chi connectivity index (χ3v) is 7.58. The summed E-state index contributed by atoms with van der Waals surface area (Å²) in [5.41, 5.74) is 6.77. The van der Waals surface area contributed by atoms with Crippen LogP contribution in [0.3, 0.4) is 0 Å². The monoisotopic (exact) mass is 537 g/mol. The Kier molecular flexibility index (Phi) is 7.56. The van der Waals surface area contributed by atoms with Gasteiger partial charge in [-0.1, -0.05) is 90.5 Å². The molecular formula is C31H27N3O4S. The van der Waals surface area contributed by atoms with Gasteiger partial charge in [-0.25, -0.2) is 22.9 Å². The number of imidazole rings is 1. The molecule has 8 heteroatoms. The van der Waals surface area contributed by atoms with E-state index >= 15 is 0 Å². The van der Waals surface area contributed by atoms with Crippen molar-refractivity contribution in [1.29, 1.82) is 0 Å². The molecule has 0 aliphatic heterocycles. The number of rotatable bonds is 8. The van der Waals surface area contributed by atoms with Crippen molar-refractivity contribution in [1.82, 2.24) is 14.3 Å². The molecule has 39 heavy (non-hydrogen) atoms. The highest BCUT2D eigenvalue weighted by atomic mass is 32.2. The van der Waals surface area contributed by atoms with Crippen LogP contribution in [0.2, 0.25) is 0 Å². The SMILES string of the molecule is Cc1ccc(S(=O)(=O)NC(=O)OCCc2ccc(-n3cnc(-c4ccccc4)c3-c3ccccc3)cc2)cc1. The molecule has 0 spiro atoms. The maximum atomic E-state index is 12.4. The number of carbonyl (C=O) groups excluding carboxylic acids is 1. The lowest BCUT2D eigenvalue weighted by Crippen LogP contribution is -2.31. The average molecular weight is 538 g/mol. The number of nitrogens with one attached hydrogen (secondary N) is 1. The summed E-state index contributed by atoms with van der Waals surface area (Å²) < 4.78 is 33.9. The Morgan fingerprint density at radius 1 is 0.821 bits per heavy atom. The van der Waals surface area contributed by atoms with Gasteiger partial charge >= 0.3 is 6.09 Å². The summed E-state index contributed by atoms with van der Waals surface area (Å²) in [4.78, 5) is 16.8. The Morgan fingerprint density at radius 2 is 1.44 bits per heavy atom. The van der Waals surface area contributed by atoms with Crippen LogP contribution in [-0.4, -0.2) is 30.7 Å². The number of carbonyl (C=O) groups is 1. The number of hydrogen-bond acceptors (Lipinski definition) is 5. The van der Waals surface area contributed by atoms with E-state index in [9.17, 15) is 13.2 Å². The van der Waals surface area contributed by atoms with Crippen LogP contribution in [-0.2, 0) is 21.2 Å². The average Bonchev–Trinajstić information content (AvgIpc) is 3.40. The van der Waals surface area contributed by atoms with E-state index in [0.717, 1.165) is 39.3 Å². The maximum Gasteiger partial charge on any atom is 0.421 e. The van der Waals surface area contributed by atoms with E-state index in [2.05, 4.69) is 16.7 Å². The highest BCUT2D eigenvalue weighted by Crippen LogP contribution is 2.33. The van der Waals surface area contributed by atoms with Gasteiger partial charge in [-0.3, -0.25) is 4.57 Å². The summed E-state index contributed by atoms with van der Waals surface area (Å²) >= 11 is 0. The van der Waals surface area contributed by atoms with Gasteiger partial charge in [0.2, 0.25) is 0 Å². The summed E-state index contributed by atoms with van der Waals surface area (Å²) in [6.45, 7) is 1.89. The highest BCUT2D eigenvalue weighted by Gasteiger charge is 2.19. The Hall–Kier alpha value is -4.69. The molecule has 0 saturated carbocycles. The number of sulfonamides is 1. The fourth-order valence-electron chi connectivity index (χ4n) is 4.22. The second-order valence-electron chi connectivity index (χ2n) is 9.01. The molecule has 4 aromatic carbocycles. The first kappa shape index (κ1) is 25.9. The predicted molar refractivity (Wildman–Crippen MR) is 151 cm³/mol. The van der Waals surface area contributed by atoms with Gasteiger partial charge in [-0.2, -0.15) is 0 Å². The zero-order chi connectivity index (χ0) is 27.2. The lowest BCUT2D eigenvalue weighted by molar-refractivity contribution is 0.154. The quantitative estimate of drug-likeness (QED) is 0.256. The maximum absolute atomic E-state index is 12.4. The Bertz CT molecular complexity index is 1660. The van der Waals surface area contributed by atoms with Crippen molar-refractivity contribution in [3.8, 4) is 28.2 Å². The smallest absolute Gasteiger partial charge is 0.421 e. The molecule has 0 atom stereocenters. The molecule has 1 heterocycles. The lowest BCUT2D eigenvalue weighted by atomic mass is 10.0. The molecule has 7 nitrogen and oxygen atoms in total. The molecule has 1 N–H and O–H groups in total. The standard InChI is InChI=1S/C31H27N3O4S/c1-23-12-18-28(19-13-23)39(36,37)33-31(35)38-21-20-24-14-16-27(17-15-24)34-22-32-29(25-8-4-2-5-9-25)30(34)26-10-6-3-7-11-26/h2-19,22H,20-21H2,1H3,(H,33,35). The first-order chi connectivity index (χ1) is 18.9. The second kappa shape index (κ2) is 11.4. The molecule has 0 saturated heterocycles. The molecule has 5 rings (SSSR count). The van der Waals surface area contributed by atoms with E-state index in [1.165, 1.54) is 12.1 Å². The van der Waals surface area contributed by atoms with Crippen molar-refractivity contribution >= 4 is 16.1 Å². The number of nitrogens with zero attached hydrogens (tertiary/aromatic N) is 2. The number of amides is 1. The van der Waals surface area contributed by atoms with Crippen molar-refractivity contribution < 1.29 is 17.9 Å². The van der Waals surface area contributed by atoms with Gasteiger partial charge in [-0.15, -0.1) is 0 Å². The van der Waals surface area contributed by atoms with E-state index in [-0.39, 0.29) is 11.5 Å². The first-order valence-corrected chi connectivity index (χ1v) is 13.9. The van der Waals surface area contributed by atoms with Gasteiger partial charge in [0, 0.05) is 23.2 Å². The van der Waals surface area contributed by atoms with Gasteiger partial charge in [0.1, 0.15) is 6.33 Å². The van der Waals surface area contributed by atoms with Gasteiger partial charge in [0.15, 0.2) is 0 Å². The number of ether oxygens (including phenoxy) is 1. The number of aryl methyl sites for hydroxylation is 1. The third-order valence-electron chi connectivity index (χ3n) is 6.25. The molecule has 0 fully saturated rings. The molecule has 1 amide bonds. The normalized spacial score (nSPS) is 11.2. The molecule has 0 aliphatic carbocycles. The number of hydrogen-bond donors (Lipinski definition) is 1. The van der Waals surface area contributed by atoms with Crippen LogP contribution in [0.4, 0.5) is 4.79 Å². The minimum Gasteiger partial charge on any atom is -0.448 e. The van der Waals surface area contributed by atoms with Crippen molar-refractivity contribution in [2.45, 2.75) is 18.2 Å². The highest BCUT2D eigenvalue weighted by molar-refractivity contribution is 7.90. The van der Waals surface area contributed by atoms with Gasteiger partial charge in [0.25, 0.3) is 10.0 Å². The summed E-state index contributed by atoms with van der Waals surface area (Å²) in [6.07, 6.45) is 1.25. The van der Waals surface area contributed by atoms with Crippen LogP contribution in [0.15, 0.2) is 120 Å². The topological polar surface area (TPSA) is 90.3 Å². The zero-order valence-corrected chi connectivity index (χ0v) is 22.1. The zero-order valence-electron chi connectivity index (χ0n) is 21.3. The second-order valence-corrected chi connectivity index (χ2v) is 10.7. The molecule has 1 aromatic heterocycles. The summed E-state index contributed by atoms with van der Waals surface area (Å²) in [6, 6.07) is 34.3. The fourth-order valence-corrected chi connectivity index (χ4v) is 5.11. The molecule has 0 unspecified atom stereocenters. The van der Waals surface area contributed by atoms with E-state index in [0.29, 0.717) is 6.42 Å². The molecular weight excluding hydrogens is 510 g/mol. The molecule has 196 valence electrons. The third kappa shape index (κ3) is 6.08. The van der Waals surface area contributed by atoms with Crippen LogP contribution in [0, 0.1) is 6.92 Å². The van der Waals surface area contributed by atoms with Crippen LogP contribution >= 0.6 is 0 Å². The molecule has 0 radical (unpaired) electrons. The Morgan fingerprint density at radius 3 is 2.08 bits per heavy atom. The fraction of sp³-hybridized carbons (Fsp3) is 0.0968. The van der Waals surface area contributed by atoms with Crippen molar-refractivity contribution in [3.05, 3.63) is 127 Å². The van der Waals surface area contributed by atoms with Crippen LogP contribution in [0.5, 0.6) is 0 Å². The van der Waals surface area contributed by atoms with Crippen LogP contribution in [0.1, 0.15) is 11.1 Å².